The maximum atomic E-state index is 13.8. The Balaban J connectivity index is 2.11. The summed E-state index contributed by atoms with van der Waals surface area (Å²) in [5.41, 5.74) is 1.87. The van der Waals surface area contributed by atoms with Crippen molar-refractivity contribution >= 4 is 0 Å². The average molecular weight is 287 g/mol. The first kappa shape index (κ1) is 13.4. The number of aliphatic hydroxyl groups excluding tert-OH is 1. The number of aliphatic hydroxyl groups is 1. The Morgan fingerprint density at radius 1 is 1.10 bits per heavy atom. The summed E-state index contributed by atoms with van der Waals surface area (Å²) in [7, 11) is 0. The predicted octanol–water partition coefficient (Wildman–Crippen LogP) is 2.70. The van der Waals surface area contributed by atoms with Crippen LogP contribution in [0.15, 0.2) is 48.8 Å². The summed E-state index contributed by atoms with van der Waals surface area (Å²) in [6, 6.07) is 9.26. The van der Waals surface area contributed by atoms with Gasteiger partial charge in [0.1, 0.15) is 0 Å². The smallest absolute Gasteiger partial charge is 0.223 e. The lowest BCUT2D eigenvalue weighted by molar-refractivity contribution is 0.282. The van der Waals surface area contributed by atoms with Crippen LogP contribution >= 0.6 is 0 Å². The molecule has 0 atom stereocenters. The van der Waals surface area contributed by atoms with E-state index in [1.54, 1.807) is 41.3 Å². The van der Waals surface area contributed by atoms with E-state index >= 15 is 0 Å². The molecule has 0 saturated heterocycles. The van der Waals surface area contributed by atoms with Crippen LogP contribution in [0.25, 0.3) is 16.8 Å². The molecule has 0 saturated carbocycles. The van der Waals surface area contributed by atoms with Crippen LogP contribution in [0.1, 0.15) is 5.56 Å². The molecule has 21 heavy (non-hydrogen) atoms. The molecule has 0 aliphatic rings. The molecule has 106 valence electrons. The molecule has 3 rings (SSSR count). The summed E-state index contributed by atoms with van der Waals surface area (Å²) in [5, 5.41) is 13.6. The van der Waals surface area contributed by atoms with E-state index in [4.69, 9.17) is 0 Å². The first-order chi connectivity index (χ1) is 10.2. The van der Waals surface area contributed by atoms with Crippen molar-refractivity contribution in [2.45, 2.75) is 6.61 Å². The summed E-state index contributed by atoms with van der Waals surface area (Å²) < 4.78 is 28.3. The Hall–Kier alpha value is -2.60. The van der Waals surface area contributed by atoms with Crippen molar-refractivity contribution in [3.63, 3.8) is 0 Å². The van der Waals surface area contributed by atoms with Gasteiger partial charge in [-0.3, -0.25) is 0 Å². The van der Waals surface area contributed by atoms with Crippen molar-refractivity contribution in [2.75, 3.05) is 0 Å². The highest BCUT2D eigenvalue weighted by atomic mass is 19.1. The molecule has 0 fully saturated rings. The molecule has 0 bridgehead atoms. The van der Waals surface area contributed by atoms with E-state index in [-0.39, 0.29) is 12.2 Å². The molecule has 6 heteroatoms. The first-order valence-corrected chi connectivity index (χ1v) is 6.25. The Bertz CT molecular complexity index is 773. The fourth-order valence-electron chi connectivity index (χ4n) is 2.15. The second-order valence-electron chi connectivity index (χ2n) is 4.42. The number of pyridine rings is 1. The first-order valence-electron chi connectivity index (χ1n) is 6.25. The molecule has 1 aromatic carbocycles. The van der Waals surface area contributed by atoms with E-state index < -0.39 is 11.9 Å². The maximum Gasteiger partial charge on any atom is 0.223 e. The van der Waals surface area contributed by atoms with E-state index in [2.05, 4.69) is 10.1 Å². The Labute approximate surface area is 119 Å². The topological polar surface area (TPSA) is 50.9 Å². The van der Waals surface area contributed by atoms with Gasteiger partial charge in [0, 0.05) is 18.0 Å². The minimum absolute atomic E-state index is 0.146. The summed E-state index contributed by atoms with van der Waals surface area (Å²) in [6.07, 6.45) is 3.40. The van der Waals surface area contributed by atoms with Gasteiger partial charge in [-0.15, -0.1) is 0 Å². The fourth-order valence-corrected chi connectivity index (χ4v) is 2.15. The van der Waals surface area contributed by atoms with Crippen molar-refractivity contribution < 1.29 is 13.9 Å². The van der Waals surface area contributed by atoms with E-state index in [1.807, 2.05) is 0 Å². The molecule has 0 spiro atoms. The second kappa shape index (κ2) is 5.41. The van der Waals surface area contributed by atoms with Gasteiger partial charge in [0.05, 0.1) is 12.3 Å². The summed E-state index contributed by atoms with van der Waals surface area (Å²) in [4.78, 5) is 3.17. The number of hydrogen-bond acceptors (Lipinski definition) is 3. The zero-order valence-electron chi connectivity index (χ0n) is 10.9. The highest BCUT2D eigenvalue weighted by Gasteiger charge is 2.12. The summed E-state index contributed by atoms with van der Waals surface area (Å²) in [6.45, 7) is -0.277. The van der Waals surface area contributed by atoms with Crippen molar-refractivity contribution in [1.82, 2.24) is 14.8 Å². The molecular formula is C15H11F2N3O. The largest absolute Gasteiger partial charge is 0.392 e. The van der Waals surface area contributed by atoms with Crippen molar-refractivity contribution in [3.8, 4) is 16.8 Å². The van der Waals surface area contributed by atoms with Crippen LogP contribution in [0, 0.1) is 11.9 Å². The molecule has 0 amide bonds. The van der Waals surface area contributed by atoms with E-state index in [1.165, 1.54) is 6.07 Å². The lowest BCUT2D eigenvalue weighted by Gasteiger charge is -2.11. The van der Waals surface area contributed by atoms with Crippen LogP contribution in [-0.4, -0.2) is 19.9 Å². The highest BCUT2D eigenvalue weighted by molar-refractivity contribution is 5.68. The minimum atomic E-state index is -0.906. The minimum Gasteiger partial charge on any atom is -0.392 e. The van der Waals surface area contributed by atoms with Gasteiger partial charge in [0.25, 0.3) is 0 Å². The molecule has 0 unspecified atom stereocenters. The predicted molar refractivity (Wildman–Crippen MR) is 72.6 cm³/mol. The van der Waals surface area contributed by atoms with Crippen LogP contribution in [0.4, 0.5) is 8.78 Å². The average Bonchev–Trinajstić information content (AvgIpc) is 3.01. The molecule has 0 aliphatic heterocycles. The van der Waals surface area contributed by atoms with Gasteiger partial charge in [0.15, 0.2) is 0 Å². The van der Waals surface area contributed by atoms with Gasteiger partial charge >= 0.3 is 0 Å². The molecule has 4 nitrogen and oxygen atoms in total. The Morgan fingerprint density at radius 2 is 1.90 bits per heavy atom. The van der Waals surface area contributed by atoms with Crippen LogP contribution in [0.3, 0.4) is 0 Å². The third kappa shape index (κ3) is 2.53. The SMILES string of the molecule is OCc1cc(-n2cccn2)ccc1-c1ccc(F)nc1F. The normalized spacial score (nSPS) is 10.8. The summed E-state index contributed by atoms with van der Waals surface area (Å²) >= 11 is 0. The van der Waals surface area contributed by atoms with Gasteiger partial charge in [-0.25, -0.2) is 4.68 Å². The number of hydrogen-bond donors (Lipinski definition) is 1. The summed E-state index contributed by atoms with van der Waals surface area (Å²) in [5.74, 6) is -1.79. The number of aromatic nitrogens is 3. The zero-order chi connectivity index (χ0) is 14.8. The maximum absolute atomic E-state index is 13.8. The lowest BCUT2D eigenvalue weighted by Crippen LogP contribution is -2.00. The van der Waals surface area contributed by atoms with Crippen molar-refractivity contribution in [2.24, 2.45) is 0 Å². The molecule has 2 aromatic heterocycles. The van der Waals surface area contributed by atoms with Crippen LogP contribution in [-0.2, 0) is 6.61 Å². The van der Waals surface area contributed by atoms with Gasteiger partial charge in [-0.1, -0.05) is 6.07 Å². The van der Waals surface area contributed by atoms with E-state index in [0.717, 1.165) is 11.8 Å². The van der Waals surface area contributed by atoms with Crippen LogP contribution < -0.4 is 0 Å². The van der Waals surface area contributed by atoms with Crippen LogP contribution in [0.5, 0.6) is 0 Å². The van der Waals surface area contributed by atoms with Crippen molar-refractivity contribution in [3.05, 3.63) is 66.3 Å². The third-order valence-corrected chi connectivity index (χ3v) is 3.13. The Kier molecular flexibility index (Phi) is 3.45. The van der Waals surface area contributed by atoms with Crippen molar-refractivity contribution in [1.29, 1.82) is 0 Å². The number of rotatable bonds is 3. The van der Waals surface area contributed by atoms with Gasteiger partial charge in [-0.2, -0.15) is 18.9 Å². The molecule has 0 aliphatic carbocycles. The monoisotopic (exact) mass is 287 g/mol. The quantitative estimate of drug-likeness (QED) is 0.754. The van der Waals surface area contributed by atoms with Gasteiger partial charge < -0.3 is 5.11 Å². The molecule has 2 heterocycles. The Morgan fingerprint density at radius 3 is 2.57 bits per heavy atom. The highest BCUT2D eigenvalue weighted by Crippen LogP contribution is 2.27. The number of nitrogens with zero attached hydrogens (tertiary/aromatic N) is 3. The molecule has 3 aromatic rings. The molecule has 0 radical (unpaired) electrons. The lowest BCUT2D eigenvalue weighted by atomic mass is 10.0. The number of benzene rings is 1. The third-order valence-electron chi connectivity index (χ3n) is 3.13. The molecule has 1 N–H and O–H groups in total. The zero-order valence-corrected chi connectivity index (χ0v) is 10.9. The fraction of sp³-hybridized carbons (Fsp3) is 0.0667. The molecular weight excluding hydrogens is 276 g/mol. The van der Waals surface area contributed by atoms with Gasteiger partial charge in [-0.05, 0) is 41.5 Å². The van der Waals surface area contributed by atoms with Gasteiger partial charge in [0.2, 0.25) is 11.9 Å². The van der Waals surface area contributed by atoms with E-state index in [0.29, 0.717) is 11.1 Å². The standard InChI is InChI=1S/C15H11F2N3O/c16-14-5-4-13(15(17)19-14)12-3-2-11(8-10(12)9-21)20-7-1-6-18-20/h1-8,21H,9H2. The number of halogens is 2. The van der Waals surface area contributed by atoms with E-state index in [9.17, 15) is 13.9 Å². The second-order valence-corrected chi connectivity index (χ2v) is 4.42. The van der Waals surface area contributed by atoms with Crippen LogP contribution in [0.2, 0.25) is 0 Å².